The van der Waals surface area contributed by atoms with Crippen molar-refractivity contribution in [1.82, 2.24) is 0 Å². The Hall–Kier alpha value is -0.770. The molecule has 0 amide bonds. The van der Waals surface area contributed by atoms with Crippen molar-refractivity contribution in [3.63, 3.8) is 0 Å². The van der Waals surface area contributed by atoms with E-state index in [0.717, 1.165) is 0 Å². The van der Waals surface area contributed by atoms with Crippen molar-refractivity contribution in [2.24, 2.45) is 5.16 Å². The molecule has 0 saturated carbocycles. The minimum atomic E-state index is -4.89. The Morgan fingerprint density at radius 1 is 1.32 bits per heavy atom. The summed E-state index contributed by atoms with van der Waals surface area (Å²) in [5, 5.41) is 51.3. The second-order valence-corrected chi connectivity index (χ2v) is 7.36. The summed E-state index contributed by atoms with van der Waals surface area (Å²) in [5.74, 6) is 0. The van der Waals surface area contributed by atoms with E-state index in [0.29, 0.717) is 11.8 Å². The van der Waals surface area contributed by atoms with Gasteiger partial charge < -0.3 is 30.3 Å². The summed E-state index contributed by atoms with van der Waals surface area (Å²) in [6.07, 6.45) is -5.67. The Kier molecular flexibility index (Phi) is 8.73. The number of rotatable bonds is 8. The predicted octanol–water partition coefficient (Wildman–Crippen LogP) is -2.02. The third-order valence-corrected chi connectivity index (χ3v) is 4.58. The lowest BCUT2D eigenvalue weighted by molar-refractivity contribution is -0.205. The molecule has 0 aromatic rings. The van der Waals surface area contributed by atoms with Gasteiger partial charge >= 0.3 is 10.4 Å². The van der Waals surface area contributed by atoms with Crippen LogP contribution in [0.25, 0.3) is 0 Å². The lowest BCUT2D eigenvalue weighted by Gasteiger charge is -2.39. The Balaban J connectivity index is 2.92. The highest BCUT2D eigenvalue weighted by molar-refractivity contribution is 8.14. The summed E-state index contributed by atoms with van der Waals surface area (Å²) < 4.78 is 39.0. The molecule has 6 N–H and O–H groups in total. The maximum absolute atomic E-state index is 10.6. The van der Waals surface area contributed by atoms with Crippen LogP contribution < -0.4 is 0 Å². The standard InChI is InChI=1S/C12H21NO10S2/c1-2-3-6(15)4-8(13-23-25(19,20)21)24-12-11(18)10(17)9(16)7(5-14)22-12/h2,6-7,9-12,14-18H,1,3-5H2,(H,19,20,21)/b13-8+. The minimum Gasteiger partial charge on any atom is -0.394 e. The molecule has 0 aromatic carbocycles. The van der Waals surface area contributed by atoms with Gasteiger partial charge in [-0.1, -0.05) is 23.0 Å². The molecule has 6 atom stereocenters. The SMILES string of the molecule is C=CCC(O)C/C(=N\OS(=O)(=O)O)SC1OC(CO)C(O)C(O)C1O. The van der Waals surface area contributed by atoms with Crippen molar-refractivity contribution >= 4 is 27.2 Å². The van der Waals surface area contributed by atoms with E-state index in [4.69, 9.17) is 14.4 Å². The molecule has 11 nitrogen and oxygen atoms in total. The van der Waals surface area contributed by atoms with Gasteiger partial charge in [0.05, 0.1) is 12.7 Å². The molecule has 1 aliphatic heterocycles. The molecule has 1 saturated heterocycles. The average molecular weight is 403 g/mol. The molecule has 1 fully saturated rings. The van der Waals surface area contributed by atoms with Crippen LogP contribution in [0.15, 0.2) is 17.8 Å². The molecule has 0 aromatic heterocycles. The van der Waals surface area contributed by atoms with Crippen LogP contribution in [0.4, 0.5) is 0 Å². The van der Waals surface area contributed by atoms with Crippen molar-refractivity contribution in [3.8, 4) is 0 Å². The molecule has 6 unspecified atom stereocenters. The molecule has 0 radical (unpaired) electrons. The zero-order valence-corrected chi connectivity index (χ0v) is 14.6. The first-order valence-corrected chi connectivity index (χ1v) is 9.32. The molecular formula is C12H21NO10S2. The predicted molar refractivity (Wildman–Crippen MR) is 86.9 cm³/mol. The van der Waals surface area contributed by atoms with Gasteiger partial charge in [-0.3, -0.25) is 4.55 Å². The van der Waals surface area contributed by atoms with Gasteiger partial charge in [0, 0.05) is 6.42 Å². The van der Waals surface area contributed by atoms with Gasteiger partial charge in [-0.15, -0.1) is 6.58 Å². The van der Waals surface area contributed by atoms with E-state index in [1.807, 2.05) is 0 Å². The number of thioether (sulfide) groups is 1. The van der Waals surface area contributed by atoms with Gasteiger partial charge in [0.1, 0.15) is 34.9 Å². The van der Waals surface area contributed by atoms with Crippen molar-refractivity contribution in [1.29, 1.82) is 0 Å². The van der Waals surface area contributed by atoms with Gasteiger partial charge in [-0.25, -0.2) is 4.28 Å². The maximum Gasteiger partial charge on any atom is 0.466 e. The lowest BCUT2D eigenvalue weighted by atomic mass is 10.0. The second kappa shape index (κ2) is 9.80. The molecule has 25 heavy (non-hydrogen) atoms. The first-order chi connectivity index (χ1) is 11.6. The largest absolute Gasteiger partial charge is 0.466 e. The van der Waals surface area contributed by atoms with Crippen molar-refractivity contribution < 1.29 is 47.5 Å². The zero-order chi connectivity index (χ0) is 19.2. The van der Waals surface area contributed by atoms with E-state index >= 15 is 0 Å². The van der Waals surface area contributed by atoms with Crippen LogP contribution in [0.2, 0.25) is 0 Å². The Morgan fingerprint density at radius 2 is 1.96 bits per heavy atom. The number of hydrogen-bond acceptors (Lipinski definition) is 11. The zero-order valence-electron chi connectivity index (χ0n) is 12.9. The molecule has 1 rings (SSSR count). The van der Waals surface area contributed by atoms with Crippen LogP contribution in [0, 0.1) is 0 Å². The third kappa shape index (κ3) is 7.16. The molecule has 0 bridgehead atoms. The summed E-state index contributed by atoms with van der Waals surface area (Å²) in [7, 11) is -4.89. The Labute approximate surface area is 148 Å². The molecule has 1 heterocycles. The van der Waals surface area contributed by atoms with E-state index < -0.39 is 53.0 Å². The van der Waals surface area contributed by atoms with Crippen molar-refractivity contribution in [2.75, 3.05) is 6.61 Å². The highest BCUT2D eigenvalue weighted by Crippen LogP contribution is 2.30. The topological polar surface area (TPSA) is 186 Å². The van der Waals surface area contributed by atoms with E-state index in [-0.39, 0.29) is 17.9 Å². The molecular weight excluding hydrogens is 382 g/mol. The number of nitrogens with zero attached hydrogens (tertiary/aromatic N) is 1. The molecule has 1 aliphatic rings. The highest BCUT2D eigenvalue weighted by Gasteiger charge is 2.44. The van der Waals surface area contributed by atoms with Crippen LogP contribution in [0.3, 0.4) is 0 Å². The molecule has 0 spiro atoms. The van der Waals surface area contributed by atoms with Crippen molar-refractivity contribution in [3.05, 3.63) is 12.7 Å². The summed E-state index contributed by atoms with van der Waals surface area (Å²) in [6.45, 7) is 2.79. The van der Waals surface area contributed by atoms with Gasteiger partial charge in [-0.2, -0.15) is 8.42 Å². The number of aliphatic hydroxyl groups excluding tert-OH is 5. The minimum absolute atomic E-state index is 0.139. The first-order valence-electron chi connectivity index (χ1n) is 7.08. The number of oxime groups is 1. The number of ether oxygens (including phenoxy) is 1. The third-order valence-electron chi connectivity index (χ3n) is 3.18. The van der Waals surface area contributed by atoms with Crippen LogP contribution in [0.1, 0.15) is 12.8 Å². The maximum atomic E-state index is 10.6. The second-order valence-electron chi connectivity index (χ2n) is 5.18. The average Bonchev–Trinajstić information content (AvgIpc) is 2.52. The van der Waals surface area contributed by atoms with Crippen LogP contribution in [0.5, 0.6) is 0 Å². The normalized spacial score (nSPS) is 32.2. The molecule has 146 valence electrons. The van der Waals surface area contributed by atoms with E-state index in [9.17, 15) is 28.8 Å². The Morgan fingerprint density at radius 3 is 2.48 bits per heavy atom. The monoisotopic (exact) mass is 403 g/mol. The van der Waals surface area contributed by atoms with Gasteiger partial charge in [0.25, 0.3) is 0 Å². The highest BCUT2D eigenvalue weighted by atomic mass is 32.3. The summed E-state index contributed by atoms with van der Waals surface area (Å²) in [6, 6.07) is 0. The van der Waals surface area contributed by atoms with Crippen molar-refractivity contribution in [2.45, 2.75) is 48.8 Å². The summed E-state index contributed by atoms with van der Waals surface area (Å²) in [4.78, 5) is 0. The van der Waals surface area contributed by atoms with E-state index in [1.165, 1.54) is 6.08 Å². The van der Waals surface area contributed by atoms with Gasteiger partial charge in [-0.05, 0) is 6.42 Å². The molecule has 13 heteroatoms. The summed E-state index contributed by atoms with van der Waals surface area (Å²) in [5.41, 5.74) is -1.25. The van der Waals surface area contributed by atoms with Gasteiger partial charge in [0.2, 0.25) is 0 Å². The molecule has 0 aliphatic carbocycles. The fraction of sp³-hybridized carbons (Fsp3) is 0.750. The van der Waals surface area contributed by atoms with E-state index in [2.05, 4.69) is 16.0 Å². The van der Waals surface area contributed by atoms with Gasteiger partial charge in [0.15, 0.2) is 0 Å². The van der Waals surface area contributed by atoms with Crippen LogP contribution in [-0.2, 0) is 19.4 Å². The fourth-order valence-electron chi connectivity index (χ4n) is 1.97. The fourth-order valence-corrected chi connectivity index (χ4v) is 3.34. The number of hydrogen-bond donors (Lipinski definition) is 6. The van der Waals surface area contributed by atoms with Crippen LogP contribution in [-0.4, -0.2) is 86.1 Å². The van der Waals surface area contributed by atoms with E-state index in [1.54, 1.807) is 0 Å². The first kappa shape index (κ1) is 22.3. The summed E-state index contributed by atoms with van der Waals surface area (Å²) >= 11 is 0.594. The lowest BCUT2D eigenvalue weighted by Crippen LogP contribution is -2.57. The van der Waals surface area contributed by atoms with Crippen LogP contribution >= 0.6 is 11.8 Å². The quantitative estimate of drug-likeness (QED) is 0.0863. The number of aliphatic hydroxyl groups is 5. The Bertz CT molecular complexity index is 566. The smallest absolute Gasteiger partial charge is 0.394 e.